The second-order valence-electron chi connectivity index (χ2n) is 6.47. The highest BCUT2D eigenvalue weighted by Gasteiger charge is 2.34. The highest BCUT2D eigenvalue weighted by Crippen LogP contribution is 2.31. The van der Waals surface area contributed by atoms with E-state index in [0.717, 1.165) is 11.6 Å². The van der Waals surface area contributed by atoms with Crippen molar-refractivity contribution in [3.8, 4) is 0 Å². The fourth-order valence-electron chi connectivity index (χ4n) is 3.70. The van der Waals surface area contributed by atoms with Crippen molar-refractivity contribution in [3.63, 3.8) is 0 Å². The first-order valence-corrected chi connectivity index (χ1v) is 7.61. The number of hydrogen-bond acceptors (Lipinski definition) is 3. The van der Waals surface area contributed by atoms with Crippen molar-refractivity contribution in [3.05, 3.63) is 11.4 Å². The second-order valence-corrected chi connectivity index (χ2v) is 6.47. The molecule has 0 spiro atoms. The van der Waals surface area contributed by atoms with Gasteiger partial charge in [0.05, 0.1) is 17.1 Å². The molecule has 1 N–H and O–H groups in total. The topological polar surface area (TPSA) is 33.1 Å². The van der Waals surface area contributed by atoms with E-state index < -0.39 is 0 Å². The SMILES string of the molecule is Cc1nn(C(C)C)c(C)c1NC1CCN2CCC1C2. The van der Waals surface area contributed by atoms with E-state index in [0.29, 0.717) is 12.1 Å². The molecule has 19 heavy (non-hydrogen) atoms. The van der Waals surface area contributed by atoms with Gasteiger partial charge in [-0.25, -0.2) is 0 Å². The van der Waals surface area contributed by atoms with E-state index in [4.69, 9.17) is 0 Å². The Bertz CT molecular complexity index is 463. The number of aryl methyl sites for hydroxylation is 1. The van der Waals surface area contributed by atoms with Crippen molar-refractivity contribution in [2.45, 2.75) is 52.6 Å². The number of rotatable bonds is 3. The lowest BCUT2D eigenvalue weighted by atomic mass is 9.94. The molecular formula is C15H26N4. The molecule has 3 unspecified atom stereocenters. The smallest absolute Gasteiger partial charge is 0.0828 e. The fourth-order valence-corrected chi connectivity index (χ4v) is 3.70. The largest absolute Gasteiger partial charge is 0.379 e. The van der Waals surface area contributed by atoms with E-state index >= 15 is 0 Å². The van der Waals surface area contributed by atoms with Gasteiger partial charge in [0.15, 0.2) is 0 Å². The second kappa shape index (κ2) is 4.82. The van der Waals surface area contributed by atoms with Gasteiger partial charge >= 0.3 is 0 Å². The Kier molecular flexibility index (Phi) is 3.29. The van der Waals surface area contributed by atoms with Gasteiger partial charge in [-0.2, -0.15) is 5.10 Å². The molecule has 3 rings (SSSR count). The minimum absolute atomic E-state index is 0.433. The number of piperidine rings is 1. The molecule has 4 heteroatoms. The maximum atomic E-state index is 4.68. The van der Waals surface area contributed by atoms with Crippen molar-refractivity contribution in [1.82, 2.24) is 14.7 Å². The molecule has 1 aromatic heterocycles. The van der Waals surface area contributed by atoms with Crippen molar-refractivity contribution in [2.75, 3.05) is 25.0 Å². The van der Waals surface area contributed by atoms with E-state index in [1.165, 1.54) is 43.9 Å². The van der Waals surface area contributed by atoms with Crippen molar-refractivity contribution < 1.29 is 0 Å². The zero-order valence-electron chi connectivity index (χ0n) is 12.6. The summed E-state index contributed by atoms with van der Waals surface area (Å²) in [5.74, 6) is 0.829. The van der Waals surface area contributed by atoms with Gasteiger partial charge in [0, 0.05) is 25.2 Å². The molecule has 2 bridgehead atoms. The van der Waals surface area contributed by atoms with Gasteiger partial charge in [-0.1, -0.05) is 0 Å². The maximum Gasteiger partial charge on any atom is 0.0828 e. The van der Waals surface area contributed by atoms with Crippen LogP contribution in [0.25, 0.3) is 0 Å². The van der Waals surface area contributed by atoms with Gasteiger partial charge in [-0.3, -0.25) is 4.68 Å². The molecule has 0 aliphatic carbocycles. The summed E-state index contributed by atoms with van der Waals surface area (Å²) in [5, 5.41) is 8.49. The van der Waals surface area contributed by atoms with Crippen LogP contribution < -0.4 is 5.32 Å². The van der Waals surface area contributed by atoms with Crippen molar-refractivity contribution in [2.24, 2.45) is 5.92 Å². The Balaban J connectivity index is 1.79. The highest BCUT2D eigenvalue weighted by molar-refractivity contribution is 5.53. The molecule has 0 aromatic carbocycles. The first-order chi connectivity index (χ1) is 9.06. The normalized spacial score (nSPS) is 30.1. The summed E-state index contributed by atoms with van der Waals surface area (Å²) >= 11 is 0. The summed E-state index contributed by atoms with van der Waals surface area (Å²) in [6.45, 7) is 12.5. The first-order valence-electron chi connectivity index (χ1n) is 7.61. The third-order valence-corrected chi connectivity index (χ3v) is 4.78. The summed E-state index contributed by atoms with van der Waals surface area (Å²) < 4.78 is 2.14. The van der Waals surface area contributed by atoms with E-state index in [2.05, 4.69) is 47.7 Å². The van der Waals surface area contributed by atoms with Crippen LogP contribution in [-0.4, -0.2) is 40.4 Å². The molecule has 4 nitrogen and oxygen atoms in total. The average Bonchev–Trinajstić information content (AvgIpc) is 2.88. The van der Waals surface area contributed by atoms with Crippen molar-refractivity contribution >= 4 is 5.69 Å². The van der Waals surface area contributed by atoms with Gasteiger partial charge in [-0.05, 0) is 53.0 Å². The van der Waals surface area contributed by atoms with Crippen LogP contribution in [0.2, 0.25) is 0 Å². The Morgan fingerprint density at radius 3 is 2.63 bits per heavy atom. The Labute approximate surface area is 116 Å². The molecule has 3 heterocycles. The minimum Gasteiger partial charge on any atom is -0.379 e. The van der Waals surface area contributed by atoms with Gasteiger partial charge in [0.1, 0.15) is 0 Å². The molecule has 1 aromatic rings. The summed E-state index contributed by atoms with van der Waals surface area (Å²) in [7, 11) is 0. The lowest BCUT2D eigenvalue weighted by Gasteiger charge is -2.31. The average molecular weight is 262 g/mol. The van der Waals surface area contributed by atoms with E-state index in [-0.39, 0.29) is 0 Å². The van der Waals surface area contributed by atoms with Gasteiger partial charge in [-0.15, -0.1) is 0 Å². The lowest BCUT2D eigenvalue weighted by molar-refractivity contribution is 0.255. The van der Waals surface area contributed by atoms with Crippen LogP contribution in [0.1, 0.15) is 44.1 Å². The zero-order chi connectivity index (χ0) is 13.6. The summed E-state index contributed by atoms with van der Waals surface area (Å²) in [6, 6.07) is 1.07. The summed E-state index contributed by atoms with van der Waals surface area (Å²) in [4.78, 5) is 2.60. The van der Waals surface area contributed by atoms with E-state index in [9.17, 15) is 0 Å². The molecule has 2 fully saturated rings. The third-order valence-electron chi connectivity index (χ3n) is 4.78. The minimum atomic E-state index is 0.433. The van der Waals surface area contributed by atoms with Crippen LogP contribution in [0.4, 0.5) is 5.69 Å². The molecule has 2 aliphatic rings. The van der Waals surface area contributed by atoms with Crippen molar-refractivity contribution in [1.29, 1.82) is 0 Å². The molecule has 0 radical (unpaired) electrons. The summed E-state index contributed by atoms with van der Waals surface area (Å²) in [5.41, 5.74) is 3.71. The van der Waals surface area contributed by atoms with Crippen LogP contribution in [-0.2, 0) is 0 Å². The molecule has 0 amide bonds. The number of hydrogen-bond donors (Lipinski definition) is 1. The van der Waals surface area contributed by atoms with Crippen LogP contribution in [0.5, 0.6) is 0 Å². The van der Waals surface area contributed by atoms with E-state index in [1.54, 1.807) is 0 Å². The van der Waals surface area contributed by atoms with Crippen LogP contribution >= 0.6 is 0 Å². The number of anilines is 1. The molecule has 0 saturated carbocycles. The lowest BCUT2D eigenvalue weighted by Crippen LogP contribution is -2.39. The quantitative estimate of drug-likeness (QED) is 0.909. The Morgan fingerprint density at radius 1 is 1.21 bits per heavy atom. The molecular weight excluding hydrogens is 236 g/mol. The number of nitrogens with zero attached hydrogens (tertiary/aromatic N) is 3. The Hall–Kier alpha value is -1.03. The van der Waals surface area contributed by atoms with Gasteiger partial charge in [0.25, 0.3) is 0 Å². The predicted octanol–water partition coefficient (Wildman–Crippen LogP) is 2.59. The fraction of sp³-hybridized carbons (Fsp3) is 0.800. The third kappa shape index (κ3) is 2.27. The van der Waals surface area contributed by atoms with Crippen LogP contribution in [0.3, 0.4) is 0 Å². The Morgan fingerprint density at radius 2 is 1.95 bits per heavy atom. The predicted molar refractivity (Wildman–Crippen MR) is 78.7 cm³/mol. The van der Waals surface area contributed by atoms with Crippen LogP contribution in [0.15, 0.2) is 0 Å². The van der Waals surface area contributed by atoms with Gasteiger partial charge < -0.3 is 10.2 Å². The maximum absolute atomic E-state index is 4.68. The highest BCUT2D eigenvalue weighted by atomic mass is 15.3. The van der Waals surface area contributed by atoms with Crippen LogP contribution in [0, 0.1) is 19.8 Å². The molecule has 2 aliphatic heterocycles. The zero-order valence-corrected chi connectivity index (χ0v) is 12.6. The monoisotopic (exact) mass is 262 g/mol. The standard InChI is InChI=1S/C15H26N4/c1-10(2)19-12(4)15(11(3)17-19)16-14-6-8-18-7-5-13(14)9-18/h10,13-14,16H,5-9H2,1-4H3. The molecule has 106 valence electrons. The van der Waals surface area contributed by atoms with E-state index in [1.807, 2.05) is 0 Å². The number of fused-ring (bicyclic) bond motifs is 2. The first kappa shape index (κ1) is 13.0. The molecule has 2 saturated heterocycles. The number of aromatic nitrogens is 2. The van der Waals surface area contributed by atoms with Gasteiger partial charge in [0.2, 0.25) is 0 Å². The summed E-state index contributed by atoms with van der Waals surface area (Å²) in [6.07, 6.45) is 2.63. The number of nitrogens with one attached hydrogen (secondary N) is 1. The molecule has 3 atom stereocenters.